The van der Waals surface area contributed by atoms with Gasteiger partial charge in [0.2, 0.25) is 10.0 Å². The molecule has 2 atom stereocenters. The number of aryl methyl sites for hydroxylation is 1. The van der Waals surface area contributed by atoms with Gasteiger partial charge in [0.15, 0.2) is 0 Å². The molecular weight excluding hydrogens is 370 g/mol. The lowest BCUT2D eigenvalue weighted by Crippen LogP contribution is -2.45. The lowest BCUT2D eigenvalue weighted by Gasteiger charge is -2.47. The van der Waals surface area contributed by atoms with Gasteiger partial charge in [-0.1, -0.05) is 37.5 Å². The van der Waals surface area contributed by atoms with Gasteiger partial charge < -0.3 is 4.74 Å². The van der Waals surface area contributed by atoms with E-state index in [1.165, 1.54) is 35.8 Å². The fourth-order valence-electron chi connectivity index (χ4n) is 4.78. The van der Waals surface area contributed by atoms with E-state index in [1.54, 1.807) is 0 Å². The molecule has 1 aliphatic heterocycles. The zero-order valence-corrected chi connectivity index (χ0v) is 18.8. The van der Waals surface area contributed by atoms with Gasteiger partial charge >= 0.3 is 0 Å². The van der Waals surface area contributed by atoms with Crippen molar-refractivity contribution in [3.8, 4) is 5.75 Å². The Balaban J connectivity index is 2.06. The van der Waals surface area contributed by atoms with Crippen molar-refractivity contribution in [2.45, 2.75) is 84.3 Å². The topological polar surface area (TPSA) is 55.4 Å². The van der Waals surface area contributed by atoms with Gasteiger partial charge in [0.1, 0.15) is 11.4 Å². The molecule has 0 spiro atoms. The number of fused-ring (bicyclic) bond motifs is 3. The molecule has 1 aliphatic carbocycles. The maximum Gasteiger partial charge on any atom is 0.209 e. The number of nitrogens with one attached hydrogen (secondary N) is 1. The lowest BCUT2D eigenvalue weighted by atomic mass is 9.67. The van der Waals surface area contributed by atoms with Crippen molar-refractivity contribution in [3.63, 3.8) is 0 Å². The molecule has 0 unspecified atom stereocenters. The number of hydrogen-bond acceptors (Lipinski definition) is 3. The molecule has 0 radical (unpaired) electrons. The first-order valence-corrected chi connectivity index (χ1v) is 12.5. The van der Waals surface area contributed by atoms with Gasteiger partial charge in [-0.05, 0) is 63.6 Å². The van der Waals surface area contributed by atoms with Crippen LogP contribution in [0.4, 0.5) is 0 Å². The van der Waals surface area contributed by atoms with Crippen LogP contribution in [0, 0.1) is 5.92 Å². The first kappa shape index (κ1) is 21.4. The zero-order valence-electron chi connectivity index (χ0n) is 18.0. The summed E-state index contributed by atoms with van der Waals surface area (Å²) in [6.45, 7) is 9.12. The molecule has 0 bridgehead atoms. The molecule has 2 aliphatic rings. The van der Waals surface area contributed by atoms with E-state index in [2.05, 4.69) is 50.6 Å². The minimum Gasteiger partial charge on any atom is -0.487 e. The highest BCUT2D eigenvalue weighted by Crippen LogP contribution is 2.52. The summed E-state index contributed by atoms with van der Waals surface area (Å²) >= 11 is 0. The number of unbranched alkanes of at least 4 members (excludes halogenated alkanes) is 2. The molecular formula is C23H35NO3S. The van der Waals surface area contributed by atoms with Gasteiger partial charge in [-0.15, -0.1) is 0 Å². The second-order valence-corrected chi connectivity index (χ2v) is 10.9. The molecule has 1 heterocycles. The maximum absolute atomic E-state index is 11.8. The highest BCUT2D eigenvalue weighted by Gasteiger charge is 2.44. The number of ether oxygens (including phenoxy) is 1. The molecule has 0 fully saturated rings. The van der Waals surface area contributed by atoms with Gasteiger partial charge in [-0.2, -0.15) is 0 Å². The van der Waals surface area contributed by atoms with Crippen molar-refractivity contribution in [1.82, 2.24) is 4.72 Å². The molecule has 3 rings (SSSR count). The summed E-state index contributed by atoms with van der Waals surface area (Å²) in [7, 11) is -3.25. The largest absolute Gasteiger partial charge is 0.487 e. The smallest absolute Gasteiger partial charge is 0.209 e. The SMILES string of the molecule is CCCCCc1cc(CNS(C)(=O)=O)c2c(c1)OC(C)(C)[C@@H]1CCC(C)=C[C@@H]21. The monoisotopic (exact) mass is 405 g/mol. The summed E-state index contributed by atoms with van der Waals surface area (Å²) in [6, 6.07) is 4.40. The van der Waals surface area contributed by atoms with Crippen LogP contribution in [-0.4, -0.2) is 20.3 Å². The van der Waals surface area contributed by atoms with Crippen LogP contribution in [0.5, 0.6) is 5.75 Å². The van der Waals surface area contributed by atoms with Crippen LogP contribution >= 0.6 is 0 Å². The van der Waals surface area contributed by atoms with E-state index in [0.717, 1.165) is 37.0 Å². The summed E-state index contributed by atoms with van der Waals surface area (Å²) in [5.41, 5.74) is 4.67. The summed E-state index contributed by atoms with van der Waals surface area (Å²) in [5, 5.41) is 0. The van der Waals surface area contributed by atoms with Crippen LogP contribution in [-0.2, 0) is 23.0 Å². The number of sulfonamides is 1. The quantitative estimate of drug-likeness (QED) is 0.508. The second kappa shape index (κ2) is 8.19. The van der Waals surface area contributed by atoms with Crippen molar-refractivity contribution < 1.29 is 13.2 Å². The van der Waals surface area contributed by atoms with E-state index in [4.69, 9.17) is 4.74 Å². The molecule has 0 amide bonds. The summed E-state index contributed by atoms with van der Waals surface area (Å²) in [4.78, 5) is 0. The lowest BCUT2D eigenvalue weighted by molar-refractivity contribution is 0.0112. The van der Waals surface area contributed by atoms with E-state index in [1.807, 2.05) is 0 Å². The molecule has 156 valence electrons. The van der Waals surface area contributed by atoms with Crippen LogP contribution in [0.2, 0.25) is 0 Å². The van der Waals surface area contributed by atoms with Crippen molar-refractivity contribution in [2.75, 3.05) is 6.26 Å². The molecule has 1 N–H and O–H groups in total. The summed E-state index contributed by atoms with van der Waals surface area (Å²) in [5.74, 6) is 1.64. The fraction of sp³-hybridized carbons (Fsp3) is 0.652. The van der Waals surface area contributed by atoms with Crippen LogP contribution in [0.3, 0.4) is 0 Å². The Bertz CT molecular complexity index is 855. The van der Waals surface area contributed by atoms with Crippen LogP contribution < -0.4 is 9.46 Å². The van der Waals surface area contributed by atoms with Crippen LogP contribution in [0.15, 0.2) is 23.8 Å². The predicted octanol–water partition coefficient (Wildman–Crippen LogP) is 5.08. The van der Waals surface area contributed by atoms with Crippen LogP contribution in [0.25, 0.3) is 0 Å². The average Bonchev–Trinajstić information content (AvgIpc) is 2.58. The van der Waals surface area contributed by atoms with E-state index in [-0.39, 0.29) is 11.5 Å². The van der Waals surface area contributed by atoms with Crippen LogP contribution in [0.1, 0.15) is 82.4 Å². The van der Waals surface area contributed by atoms with E-state index in [0.29, 0.717) is 12.5 Å². The molecule has 1 aromatic carbocycles. The third-order valence-corrected chi connectivity index (χ3v) is 6.90. The molecule has 5 heteroatoms. The van der Waals surface area contributed by atoms with Gasteiger partial charge in [0.05, 0.1) is 6.26 Å². The molecule has 1 aromatic rings. The van der Waals surface area contributed by atoms with Crippen molar-refractivity contribution >= 4 is 10.0 Å². The van der Waals surface area contributed by atoms with Gasteiger partial charge in [0, 0.05) is 23.9 Å². The van der Waals surface area contributed by atoms with Gasteiger partial charge in [0.25, 0.3) is 0 Å². The molecule has 0 saturated heterocycles. The Morgan fingerprint density at radius 1 is 1.25 bits per heavy atom. The third-order valence-electron chi connectivity index (χ3n) is 6.23. The minimum absolute atomic E-state index is 0.224. The number of benzene rings is 1. The summed E-state index contributed by atoms with van der Waals surface area (Å²) in [6.07, 6.45) is 10.3. The number of hydrogen-bond donors (Lipinski definition) is 1. The number of rotatable bonds is 7. The first-order valence-electron chi connectivity index (χ1n) is 10.6. The summed E-state index contributed by atoms with van der Waals surface area (Å²) < 4.78 is 32.7. The second-order valence-electron chi connectivity index (χ2n) is 9.11. The minimum atomic E-state index is -3.25. The fourth-order valence-corrected chi connectivity index (χ4v) is 5.20. The normalized spacial score (nSPS) is 23.4. The van der Waals surface area contributed by atoms with E-state index >= 15 is 0 Å². The first-order chi connectivity index (χ1) is 13.1. The Morgan fingerprint density at radius 3 is 2.68 bits per heavy atom. The van der Waals surface area contributed by atoms with E-state index < -0.39 is 10.0 Å². The Labute approximate surface area is 170 Å². The number of allylic oxidation sites excluding steroid dienone is 2. The van der Waals surface area contributed by atoms with E-state index in [9.17, 15) is 8.42 Å². The Hall–Kier alpha value is -1.33. The van der Waals surface area contributed by atoms with Crippen molar-refractivity contribution in [3.05, 3.63) is 40.5 Å². The Morgan fingerprint density at radius 2 is 2.00 bits per heavy atom. The highest BCUT2D eigenvalue weighted by molar-refractivity contribution is 7.88. The highest BCUT2D eigenvalue weighted by atomic mass is 32.2. The maximum atomic E-state index is 11.8. The molecule has 0 aromatic heterocycles. The van der Waals surface area contributed by atoms with Gasteiger partial charge in [-0.3, -0.25) is 0 Å². The molecule has 0 saturated carbocycles. The third kappa shape index (κ3) is 4.80. The standard InChI is InChI=1S/C23H35NO3S/c1-6-7-8-9-17-13-18(15-24-28(5,25)26)22-19-12-16(2)10-11-20(19)23(3,4)27-21(22)14-17/h12-14,19-20,24H,6-11,15H2,1-5H3/t19-,20-/m1/s1. The van der Waals surface area contributed by atoms with Gasteiger partial charge in [-0.25, -0.2) is 13.1 Å². The Kier molecular flexibility index (Phi) is 6.26. The average molecular weight is 406 g/mol. The predicted molar refractivity (Wildman–Crippen MR) is 115 cm³/mol. The molecule has 28 heavy (non-hydrogen) atoms. The van der Waals surface area contributed by atoms with Crippen molar-refractivity contribution in [2.24, 2.45) is 5.92 Å². The molecule has 4 nitrogen and oxygen atoms in total. The zero-order chi connectivity index (χ0) is 20.5. The van der Waals surface area contributed by atoms with Crippen molar-refractivity contribution in [1.29, 1.82) is 0 Å².